The molecule has 0 amide bonds. The van der Waals surface area contributed by atoms with Crippen molar-refractivity contribution >= 4 is 5.97 Å². The summed E-state index contributed by atoms with van der Waals surface area (Å²) in [5, 5.41) is 8.40. The van der Waals surface area contributed by atoms with Crippen molar-refractivity contribution in [1.29, 1.82) is 0 Å². The van der Waals surface area contributed by atoms with Crippen molar-refractivity contribution in [3.8, 4) is 0 Å². The van der Waals surface area contributed by atoms with Gasteiger partial charge in [0, 0.05) is 6.08 Å². The third kappa shape index (κ3) is 2.00. The summed E-state index contributed by atoms with van der Waals surface area (Å²) >= 11 is 0. The SMILES string of the molecule is O=C(O)/C=C/C1OC1c1ccccc1. The molecule has 0 bridgehead atoms. The molecule has 2 atom stereocenters. The van der Waals surface area contributed by atoms with E-state index in [1.54, 1.807) is 6.08 Å². The van der Waals surface area contributed by atoms with Crippen molar-refractivity contribution in [2.24, 2.45) is 0 Å². The molecule has 0 aromatic heterocycles. The van der Waals surface area contributed by atoms with Crippen LogP contribution >= 0.6 is 0 Å². The quantitative estimate of drug-likeness (QED) is 0.583. The van der Waals surface area contributed by atoms with Gasteiger partial charge in [-0.1, -0.05) is 30.3 Å². The van der Waals surface area contributed by atoms with Gasteiger partial charge in [0.05, 0.1) is 0 Å². The lowest BCUT2D eigenvalue weighted by atomic mass is 10.1. The molecule has 1 aromatic rings. The molecular formula is C11H10O3. The van der Waals surface area contributed by atoms with Gasteiger partial charge in [-0.05, 0) is 11.6 Å². The highest BCUT2D eigenvalue weighted by Gasteiger charge is 2.37. The number of hydrogen-bond donors (Lipinski definition) is 1. The summed E-state index contributed by atoms with van der Waals surface area (Å²) in [5.41, 5.74) is 1.09. The van der Waals surface area contributed by atoms with Gasteiger partial charge in [0.25, 0.3) is 0 Å². The number of carboxylic acid groups (broad SMARTS) is 1. The van der Waals surface area contributed by atoms with Crippen LogP contribution in [0.15, 0.2) is 42.5 Å². The van der Waals surface area contributed by atoms with Gasteiger partial charge in [-0.15, -0.1) is 0 Å². The van der Waals surface area contributed by atoms with Gasteiger partial charge in [-0.2, -0.15) is 0 Å². The van der Waals surface area contributed by atoms with Gasteiger partial charge in [0.15, 0.2) is 0 Å². The predicted molar refractivity (Wildman–Crippen MR) is 50.8 cm³/mol. The third-order valence-corrected chi connectivity index (χ3v) is 2.08. The first-order chi connectivity index (χ1) is 6.77. The lowest BCUT2D eigenvalue weighted by Crippen LogP contribution is -1.89. The Kier molecular flexibility index (Phi) is 2.33. The maximum atomic E-state index is 10.2. The summed E-state index contributed by atoms with van der Waals surface area (Å²) in [6.07, 6.45) is 2.65. The van der Waals surface area contributed by atoms with E-state index < -0.39 is 5.97 Å². The van der Waals surface area contributed by atoms with Crippen molar-refractivity contribution < 1.29 is 14.6 Å². The fourth-order valence-corrected chi connectivity index (χ4v) is 1.36. The molecule has 1 N–H and O–H groups in total. The Morgan fingerprint density at radius 1 is 1.36 bits per heavy atom. The van der Waals surface area contributed by atoms with Gasteiger partial charge in [-0.3, -0.25) is 0 Å². The third-order valence-electron chi connectivity index (χ3n) is 2.08. The van der Waals surface area contributed by atoms with Gasteiger partial charge in [0.1, 0.15) is 12.2 Å². The Morgan fingerprint density at radius 2 is 2.07 bits per heavy atom. The normalized spacial score (nSPS) is 25.1. The highest BCUT2D eigenvalue weighted by molar-refractivity contribution is 5.79. The second kappa shape index (κ2) is 3.64. The minimum absolute atomic E-state index is 0.0341. The largest absolute Gasteiger partial charge is 0.478 e. The van der Waals surface area contributed by atoms with E-state index in [-0.39, 0.29) is 12.2 Å². The zero-order valence-electron chi connectivity index (χ0n) is 7.46. The average molecular weight is 190 g/mol. The van der Waals surface area contributed by atoms with E-state index in [2.05, 4.69) is 0 Å². The lowest BCUT2D eigenvalue weighted by molar-refractivity contribution is -0.131. The summed E-state index contributed by atoms with van der Waals surface area (Å²) in [4.78, 5) is 10.2. The molecule has 0 aliphatic carbocycles. The van der Waals surface area contributed by atoms with E-state index in [0.717, 1.165) is 11.6 Å². The zero-order valence-corrected chi connectivity index (χ0v) is 7.46. The van der Waals surface area contributed by atoms with Crippen LogP contribution in [0.5, 0.6) is 0 Å². The van der Waals surface area contributed by atoms with Crippen LogP contribution in [-0.2, 0) is 9.53 Å². The van der Waals surface area contributed by atoms with E-state index in [0.29, 0.717) is 0 Å². The van der Waals surface area contributed by atoms with Crippen LogP contribution in [-0.4, -0.2) is 17.2 Å². The van der Waals surface area contributed by atoms with Crippen molar-refractivity contribution in [3.05, 3.63) is 48.0 Å². The van der Waals surface area contributed by atoms with Crippen LogP contribution in [0.4, 0.5) is 0 Å². The van der Waals surface area contributed by atoms with Gasteiger partial charge >= 0.3 is 5.97 Å². The van der Waals surface area contributed by atoms with E-state index in [1.807, 2.05) is 30.3 Å². The number of carbonyl (C=O) groups is 1. The Balaban J connectivity index is 1.97. The minimum Gasteiger partial charge on any atom is -0.478 e. The standard InChI is InChI=1S/C11H10O3/c12-10(13)7-6-9-11(14-9)8-4-2-1-3-5-8/h1-7,9,11H,(H,12,13)/b7-6+. The second-order valence-electron chi connectivity index (χ2n) is 3.13. The van der Waals surface area contributed by atoms with Crippen LogP contribution in [0.3, 0.4) is 0 Å². The molecule has 72 valence electrons. The van der Waals surface area contributed by atoms with Crippen molar-refractivity contribution in [3.63, 3.8) is 0 Å². The zero-order chi connectivity index (χ0) is 9.97. The molecule has 1 aliphatic heterocycles. The first kappa shape index (κ1) is 8.97. The Hall–Kier alpha value is -1.61. The van der Waals surface area contributed by atoms with Crippen LogP contribution < -0.4 is 0 Å². The Labute approximate surface area is 81.6 Å². The van der Waals surface area contributed by atoms with E-state index >= 15 is 0 Å². The average Bonchev–Trinajstić information content (AvgIpc) is 2.95. The molecule has 0 radical (unpaired) electrons. The summed E-state index contributed by atoms with van der Waals surface area (Å²) in [5.74, 6) is -0.938. The molecule has 0 saturated carbocycles. The number of benzene rings is 1. The molecule has 2 rings (SSSR count). The summed E-state index contributed by atoms with van der Waals surface area (Å²) in [7, 11) is 0. The van der Waals surface area contributed by atoms with E-state index in [9.17, 15) is 4.79 Å². The molecule has 1 fully saturated rings. The molecule has 0 spiro atoms. The molecule has 3 nitrogen and oxygen atoms in total. The summed E-state index contributed by atoms with van der Waals surface area (Å²) < 4.78 is 5.30. The van der Waals surface area contributed by atoms with Gasteiger partial charge < -0.3 is 9.84 Å². The van der Waals surface area contributed by atoms with Gasteiger partial charge in [0.2, 0.25) is 0 Å². The molecule has 1 aliphatic rings. The monoisotopic (exact) mass is 190 g/mol. The molecule has 1 saturated heterocycles. The highest BCUT2D eigenvalue weighted by atomic mass is 16.6. The van der Waals surface area contributed by atoms with Crippen molar-refractivity contribution in [2.45, 2.75) is 12.2 Å². The lowest BCUT2D eigenvalue weighted by Gasteiger charge is -1.91. The van der Waals surface area contributed by atoms with Gasteiger partial charge in [-0.25, -0.2) is 4.79 Å². The number of ether oxygens (including phenoxy) is 1. The first-order valence-corrected chi connectivity index (χ1v) is 4.39. The Bertz CT molecular complexity index is 356. The van der Waals surface area contributed by atoms with Crippen LogP contribution in [0, 0.1) is 0 Å². The molecule has 14 heavy (non-hydrogen) atoms. The maximum Gasteiger partial charge on any atom is 0.328 e. The van der Waals surface area contributed by atoms with Crippen LogP contribution in [0.2, 0.25) is 0 Å². The molecule has 1 heterocycles. The topological polar surface area (TPSA) is 49.8 Å². The molecule has 2 unspecified atom stereocenters. The van der Waals surface area contributed by atoms with Crippen LogP contribution in [0.25, 0.3) is 0 Å². The fourth-order valence-electron chi connectivity index (χ4n) is 1.36. The summed E-state index contributed by atoms with van der Waals surface area (Å²) in [6, 6.07) is 9.76. The number of rotatable bonds is 3. The maximum absolute atomic E-state index is 10.2. The number of carboxylic acids is 1. The smallest absolute Gasteiger partial charge is 0.328 e. The molecule has 3 heteroatoms. The first-order valence-electron chi connectivity index (χ1n) is 4.39. The molecular weight excluding hydrogens is 180 g/mol. The predicted octanol–water partition coefficient (Wildman–Crippen LogP) is 1.77. The summed E-state index contributed by atoms with van der Waals surface area (Å²) in [6.45, 7) is 0. The highest BCUT2D eigenvalue weighted by Crippen LogP contribution is 2.39. The van der Waals surface area contributed by atoms with Crippen molar-refractivity contribution in [2.75, 3.05) is 0 Å². The number of hydrogen-bond acceptors (Lipinski definition) is 2. The minimum atomic E-state index is -0.938. The number of aliphatic carboxylic acids is 1. The Morgan fingerprint density at radius 3 is 2.71 bits per heavy atom. The number of epoxide rings is 1. The van der Waals surface area contributed by atoms with E-state index in [1.165, 1.54) is 0 Å². The van der Waals surface area contributed by atoms with Crippen LogP contribution in [0.1, 0.15) is 11.7 Å². The second-order valence-corrected chi connectivity index (χ2v) is 3.13. The van der Waals surface area contributed by atoms with E-state index in [4.69, 9.17) is 9.84 Å². The molecule has 1 aromatic carbocycles. The fraction of sp³-hybridized carbons (Fsp3) is 0.182. The van der Waals surface area contributed by atoms with Crippen molar-refractivity contribution in [1.82, 2.24) is 0 Å².